The van der Waals surface area contributed by atoms with E-state index in [1.807, 2.05) is 43.3 Å². The molecule has 0 radical (unpaired) electrons. The molecule has 3 N–H and O–H groups in total. The molecule has 1 amide bonds. The molecule has 1 aromatic heterocycles. The quantitative estimate of drug-likeness (QED) is 0.626. The molecule has 2 aromatic carbocycles. The summed E-state index contributed by atoms with van der Waals surface area (Å²) in [6.07, 6.45) is 1.82. The lowest BCUT2D eigenvalue weighted by Crippen LogP contribution is -2.41. The van der Waals surface area contributed by atoms with Gasteiger partial charge in [-0.05, 0) is 24.5 Å². The standard InChI is InChI=1S/C22H25N3OS/c1-16-22(18-10-6-3-7-11-18)27-21(24-16)13-12-20(26)25-19(15-23)14-17-8-4-2-5-9-17/h2-11,19H,12-15,23H2,1H3,(H,25,26). The second-order valence-corrected chi connectivity index (χ2v) is 7.66. The molecule has 27 heavy (non-hydrogen) atoms. The molecule has 0 aliphatic carbocycles. The summed E-state index contributed by atoms with van der Waals surface area (Å²) in [4.78, 5) is 18.2. The van der Waals surface area contributed by atoms with Crippen LogP contribution in [0, 0.1) is 6.92 Å². The number of aryl methyl sites for hydroxylation is 2. The van der Waals surface area contributed by atoms with Gasteiger partial charge in [0, 0.05) is 25.4 Å². The number of nitrogens with zero attached hydrogens (tertiary/aromatic N) is 1. The summed E-state index contributed by atoms with van der Waals surface area (Å²) in [5.74, 6) is 0.0236. The van der Waals surface area contributed by atoms with Crippen LogP contribution >= 0.6 is 11.3 Å². The Morgan fingerprint density at radius 1 is 1.11 bits per heavy atom. The molecule has 0 aliphatic rings. The first kappa shape index (κ1) is 19.3. The molecule has 140 valence electrons. The first-order valence-corrected chi connectivity index (χ1v) is 10.0. The van der Waals surface area contributed by atoms with Crippen molar-refractivity contribution < 1.29 is 4.79 Å². The Morgan fingerprint density at radius 3 is 2.44 bits per heavy atom. The Morgan fingerprint density at radius 2 is 1.78 bits per heavy atom. The van der Waals surface area contributed by atoms with Crippen molar-refractivity contribution in [2.75, 3.05) is 6.54 Å². The smallest absolute Gasteiger partial charge is 0.220 e. The maximum absolute atomic E-state index is 12.3. The number of nitrogens with one attached hydrogen (secondary N) is 1. The zero-order chi connectivity index (χ0) is 19.1. The molecule has 0 bridgehead atoms. The minimum Gasteiger partial charge on any atom is -0.352 e. The van der Waals surface area contributed by atoms with Gasteiger partial charge in [0.1, 0.15) is 0 Å². The topological polar surface area (TPSA) is 68.0 Å². The molecule has 3 aromatic rings. The summed E-state index contributed by atoms with van der Waals surface area (Å²) in [6, 6.07) is 20.3. The lowest BCUT2D eigenvalue weighted by atomic mass is 10.1. The van der Waals surface area contributed by atoms with Gasteiger partial charge in [0.15, 0.2) is 0 Å². The highest BCUT2D eigenvalue weighted by Gasteiger charge is 2.14. The highest BCUT2D eigenvalue weighted by atomic mass is 32.1. The fraction of sp³-hybridized carbons (Fsp3) is 0.273. The van der Waals surface area contributed by atoms with Crippen molar-refractivity contribution in [3.8, 4) is 10.4 Å². The van der Waals surface area contributed by atoms with Crippen molar-refractivity contribution >= 4 is 17.2 Å². The molecular formula is C22H25N3OS. The van der Waals surface area contributed by atoms with Crippen LogP contribution in [0.25, 0.3) is 10.4 Å². The van der Waals surface area contributed by atoms with Crippen molar-refractivity contribution in [3.63, 3.8) is 0 Å². The molecule has 4 nitrogen and oxygen atoms in total. The number of hydrogen-bond acceptors (Lipinski definition) is 4. The van der Waals surface area contributed by atoms with Gasteiger partial charge in [-0.2, -0.15) is 0 Å². The molecule has 1 atom stereocenters. The third-order valence-corrected chi connectivity index (χ3v) is 5.68. The molecule has 0 fully saturated rings. The third-order valence-electron chi connectivity index (χ3n) is 4.42. The van der Waals surface area contributed by atoms with Gasteiger partial charge in [-0.15, -0.1) is 11.3 Å². The van der Waals surface area contributed by atoms with Gasteiger partial charge in [-0.1, -0.05) is 60.7 Å². The molecule has 0 saturated heterocycles. The fourth-order valence-electron chi connectivity index (χ4n) is 3.03. The zero-order valence-corrected chi connectivity index (χ0v) is 16.3. The molecule has 0 aliphatic heterocycles. The number of rotatable bonds is 8. The van der Waals surface area contributed by atoms with E-state index in [1.54, 1.807) is 11.3 Å². The first-order valence-electron chi connectivity index (χ1n) is 9.21. The molecule has 5 heteroatoms. The highest BCUT2D eigenvalue weighted by Crippen LogP contribution is 2.30. The average molecular weight is 380 g/mol. The summed E-state index contributed by atoms with van der Waals surface area (Å²) in [6.45, 7) is 2.45. The normalized spacial score (nSPS) is 11.9. The third kappa shape index (κ3) is 5.49. The first-order chi connectivity index (χ1) is 13.2. The number of thiazole rings is 1. The summed E-state index contributed by atoms with van der Waals surface area (Å²) in [7, 11) is 0. The van der Waals surface area contributed by atoms with Crippen LogP contribution < -0.4 is 11.1 Å². The van der Waals surface area contributed by atoms with Crippen LogP contribution in [-0.4, -0.2) is 23.5 Å². The van der Waals surface area contributed by atoms with Crippen LogP contribution in [0.4, 0.5) is 0 Å². The van der Waals surface area contributed by atoms with E-state index in [-0.39, 0.29) is 11.9 Å². The van der Waals surface area contributed by atoms with E-state index >= 15 is 0 Å². The van der Waals surface area contributed by atoms with E-state index in [4.69, 9.17) is 5.73 Å². The Kier molecular flexibility index (Phi) is 6.74. The number of carbonyl (C=O) groups excluding carboxylic acids is 1. The Balaban J connectivity index is 1.54. The minimum absolute atomic E-state index is 0.0236. The maximum atomic E-state index is 12.3. The number of nitrogens with two attached hydrogens (primary N) is 1. The van der Waals surface area contributed by atoms with Gasteiger partial charge in [0.25, 0.3) is 0 Å². The molecular weight excluding hydrogens is 354 g/mol. The van der Waals surface area contributed by atoms with Crippen LogP contribution in [0.5, 0.6) is 0 Å². The number of carbonyl (C=O) groups is 1. The van der Waals surface area contributed by atoms with Crippen molar-refractivity contribution in [3.05, 3.63) is 76.9 Å². The summed E-state index contributed by atoms with van der Waals surface area (Å²) < 4.78 is 0. The largest absolute Gasteiger partial charge is 0.352 e. The van der Waals surface area contributed by atoms with E-state index in [9.17, 15) is 4.79 Å². The van der Waals surface area contributed by atoms with Gasteiger partial charge in [0.05, 0.1) is 15.6 Å². The summed E-state index contributed by atoms with van der Waals surface area (Å²) in [5, 5.41) is 4.05. The van der Waals surface area contributed by atoms with Crippen molar-refractivity contribution in [1.82, 2.24) is 10.3 Å². The fourth-order valence-corrected chi connectivity index (χ4v) is 4.10. The minimum atomic E-state index is -0.0437. The zero-order valence-electron chi connectivity index (χ0n) is 15.5. The SMILES string of the molecule is Cc1nc(CCC(=O)NC(CN)Cc2ccccc2)sc1-c1ccccc1. The van der Waals surface area contributed by atoms with Crippen LogP contribution in [0.1, 0.15) is 22.7 Å². The maximum Gasteiger partial charge on any atom is 0.220 e. The van der Waals surface area contributed by atoms with Crippen molar-refractivity contribution in [2.24, 2.45) is 5.73 Å². The van der Waals surface area contributed by atoms with E-state index in [0.717, 1.165) is 17.1 Å². The van der Waals surface area contributed by atoms with Crippen molar-refractivity contribution in [2.45, 2.75) is 32.2 Å². The molecule has 1 unspecified atom stereocenters. The monoisotopic (exact) mass is 379 g/mol. The summed E-state index contributed by atoms with van der Waals surface area (Å²) >= 11 is 1.67. The predicted octanol–water partition coefficient (Wildman–Crippen LogP) is 3.74. The number of hydrogen-bond donors (Lipinski definition) is 2. The van der Waals surface area contributed by atoms with Gasteiger partial charge in [-0.25, -0.2) is 4.98 Å². The molecule has 0 spiro atoms. The second-order valence-electron chi connectivity index (χ2n) is 6.58. The van der Waals surface area contributed by atoms with Crippen LogP contribution in [0.2, 0.25) is 0 Å². The lowest BCUT2D eigenvalue weighted by molar-refractivity contribution is -0.121. The highest BCUT2D eigenvalue weighted by molar-refractivity contribution is 7.15. The van der Waals surface area contributed by atoms with Gasteiger partial charge in [-0.3, -0.25) is 4.79 Å². The van der Waals surface area contributed by atoms with E-state index in [1.165, 1.54) is 16.0 Å². The van der Waals surface area contributed by atoms with E-state index in [0.29, 0.717) is 19.4 Å². The van der Waals surface area contributed by atoms with Crippen LogP contribution in [-0.2, 0) is 17.6 Å². The second kappa shape index (κ2) is 9.44. The lowest BCUT2D eigenvalue weighted by Gasteiger charge is -2.16. The molecule has 3 rings (SSSR count). The Hall–Kier alpha value is -2.50. The number of aromatic nitrogens is 1. The summed E-state index contributed by atoms with van der Waals surface area (Å²) in [5.41, 5.74) is 9.21. The van der Waals surface area contributed by atoms with Crippen LogP contribution in [0.15, 0.2) is 60.7 Å². The predicted molar refractivity (Wildman–Crippen MR) is 112 cm³/mol. The van der Waals surface area contributed by atoms with Gasteiger partial charge < -0.3 is 11.1 Å². The Labute approximate surface area is 164 Å². The molecule has 0 saturated carbocycles. The van der Waals surface area contributed by atoms with E-state index < -0.39 is 0 Å². The van der Waals surface area contributed by atoms with E-state index in [2.05, 4.69) is 34.6 Å². The van der Waals surface area contributed by atoms with Crippen molar-refractivity contribution in [1.29, 1.82) is 0 Å². The Bertz CT molecular complexity index is 862. The van der Waals surface area contributed by atoms with Crippen LogP contribution in [0.3, 0.4) is 0 Å². The average Bonchev–Trinajstić information content (AvgIpc) is 3.08. The van der Waals surface area contributed by atoms with Gasteiger partial charge >= 0.3 is 0 Å². The molecule has 1 heterocycles. The number of benzene rings is 2. The number of amides is 1. The van der Waals surface area contributed by atoms with Gasteiger partial charge in [0.2, 0.25) is 5.91 Å².